The summed E-state index contributed by atoms with van der Waals surface area (Å²) in [5.41, 5.74) is 5.22. The van der Waals surface area contributed by atoms with Crippen LogP contribution in [0.15, 0.2) is 164 Å². The van der Waals surface area contributed by atoms with Crippen LogP contribution in [0.3, 0.4) is 0 Å². The number of benzene rings is 6. The number of hydrogen-bond acceptors (Lipinski definition) is 6. The van der Waals surface area contributed by atoms with Crippen LogP contribution in [0, 0.1) is 0 Å². The maximum atomic E-state index is 11.0. The molecule has 6 N–H and O–H groups in total. The molecule has 0 unspecified atom stereocenters. The van der Waals surface area contributed by atoms with Crippen molar-refractivity contribution in [3.63, 3.8) is 0 Å². The Morgan fingerprint density at radius 1 is 0.327 bits per heavy atom. The van der Waals surface area contributed by atoms with Gasteiger partial charge < -0.3 is 31.3 Å². The first-order valence-electron chi connectivity index (χ1n) is 14.7. The van der Waals surface area contributed by atoms with Gasteiger partial charge in [-0.25, -0.2) is 14.4 Å². The predicted molar refractivity (Wildman–Crippen MR) is 189 cm³/mol. The maximum absolute atomic E-state index is 11.0. The van der Waals surface area contributed by atoms with Crippen LogP contribution in [0.1, 0.15) is 31.1 Å². The van der Waals surface area contributed by atoms with E-state index >= 15 is 0 Å². The molecule has 0 saturated carbocycles. The molecule has 0 bridgehead atoms. The Morgan fingerprint density at radius 3 is 0.755 bits per heavy atom. The SMILES string of the molecule is O=C(O)c1ccccc1Nc1ccccc1.O=C(O)c1ccccc1Nc1ccccc1.O=C(O)c1ccccc1Nc1ccccc1.[Y]. The fourth-order valence-electron chi connectivity index (χ4n) is 4.37. The van der Waals surface area contributed by atoms with Gasteiger partial charge >= 0.3 is 17.9 Å². The van der Waals surface area contributed by atoms with E-state index in [1.54, 1.807) is 72.8 Å². The molecule has 10 heteroatoms. The van der Waals surface area contributed by atoms with Crippen LogP contribution in [0.4, 0.5) is 34.1 Å². The molecule has 243 valence electrons. The molecule has 0 aliphatic heterocycles. The first-order chi connectivity index (χ1) is 23.3. The molecular formula is C39H33N3O6Y. The minimum Gasteiger partial charge on any atom is -0.478 e. The Hall–Kier alpha value is -5.77. The van der Waals surface area contributed by atoms with Gasteiger partial charge in [-0.15, -0.1) is 0 Å². The zero-order valence-electron chi connectivity index (χ0n) is 26.2. The third-order valence-corrected chi connectivity index (χ3v) is 6.63. The van der Waals surface area contributed by atoms with Crippen molar-refractivity contribution >= 4 is 52.0 Å². The molecule has 0 aliphatic rings. The summed E-state index contributed by atoms with van der Waals surface area (Å²) in [6.07, 6.45) is 0. The van der Waals surface area contributed by atoms with Crippen molar-refractivity contribution in [2.45, 2.75) is 0 Å². The zero-order valence-corrected chi connectivity index (χ0v) is 29.1. The van der Waals surface area contributed by atoms with Gasteiger partial charge in [0.25, 0.3) is 0 Å². The van der Waals surface area contributed by atoms with Crippen LogP contribution in [0.2, 0.25) is 0 Å². The predicted octanol–water partition coefficient (Wildman–Crippen LogP) is 9.38. The topological polar surface area (TPSA) is 148 Å². The van der Waals surface area contributed by atoms with Gasteiger partial charge in [0.2, 0.25) is 0 Å². The van der Waals surface area contributed by atoms with Crippen molar-refractivity contribution in [2.75, 3.05) is 16.0 Å². The van der Waals surface area contributed by atoms with Gasteiger partial charge in [-0.1, -0.05) is 91.0 Å². The van der Waals surface area contributed by atoms with Crippen LogP contribution < -0.4 is 16.0 Å². The van der Waals surface area contributed by atoms with Gasteiger partial charge in [0, 0.05) is 49.8 Å². The molecule has 1 radical (unpaired) electrons. The minimum atomic E-state index is -0.931. The average Bonchev–Trinajstić information content (AvgIpc) is 3.11. The molecular weight excluding hydrogens is 695 g/mol. The molecule has 0 aromatic heterocycles. The number of anilines is 6. The second-order valence-electron chi connectivity index (χ2n) is 10.0. The van der Waals surface area contributed by atoms with Crippen LogP contribution in [-0.4, -0.2) is 33.2 Å². The van der Waals surface area contributed by atoms with E-state index in [4.69, 9.17) is 15.3 Å². The summed E-state index contributed by atoms with van der Waals surface area (Å²) in [4.78, 5) is 32.9. The van der Waals surface area contributed by atoms with Crippen molar-refractivity contribution in [1.82, 2.24) is 0 Å². The fourth-order valence-corrected chi connectivity index (χ4v) is 4.37. The second kappa shape index (κ2) is 19.8. The Bertz CT molecular complexity index is 1720. The standard InChI is InChI=1S/3C13H11NO2.Y/c3*15-13(16)11-8-4-5-9-12(11)14-10-6-2-1-3-7-10;/h3*1-9,14H,(H,15,16);. The van der Waals surface area contributed by atoms with Gasteiger partial charge in [-0.05, 0) is 72.8 Å². The fraction of sp³-hybridized carbons (Fsp3) is 0. The molecule has 0 saturated heterocycles. The van der Waals surface area contributed by atoms with E-state index in [0.29, 0.717) is 17.1 Å². The number of carboxylic acid groups (broad SMARTS) is 3. The summed E-state index contributed by atoms with van der Waals surface area (Å²) >= 11 is 0. The zero-order chi connectivity index (χ0) is 34.1. The normalized spacial score (nSPS) is 9.55. The largest absolute Gasteiger partial charge is 0.478 e. The molecule has 6 aromatic rings. The number of carbonyl (C=O) groups is 3. The van der Waals surface area contributed by atoms with Crippen LogP contribution in [-0.2, 0) is 32.7 Å². The number of rotatable bonds is 9. The summed E-state index contributed by atoms with van der Waals surface area (Å²) in [7, 11) is 0. The van der Waals surface area contributed by atoms with E-state index in [1.807, 2.05) is 91.0 Å². The number of aromatic carboxylic acids is 3. The van der Waals surface area contributed by atoms with Gasteiger partial charge in [0.05, 0.1) is 33.8 Å². The second-order valence-corrected chi connectivity index (χ2v) is 10.0. The first kappa shape index (κ1) is 37.7. The van der Waals surface area contributed by atoms with Crippen LogP contribution in [0.5, 0.6) is 0 Å². The van der Waals surface area contributed by atoms with Crippen LogP contribution >= 0.6 is 0 Å². The van der Waals surface area contributed by atoms with Crippen LogP contribution in [0.25, 0.3) is 0 Å². The molecule has 0 amide bonds. The number of para-hydroxylation sites is 6. The molecule has 9 nitrogen and oxygen atoms in total. The van der Waals surface area contributed by atoms with E-state index < -0.39 is 17.9 Å². The first-order valence-corrected chi connectivity index (χ1v) is 14.7. The van der Waals surface area contributed by atoms with Crippen molar-refractivity contribution in [2.24, 2.45) is 0 Å². The van der Waals surface area contributed by atoms with Crippen molar-refractivity contribution in [1.29, 1.82) is 0 Å². The Balaban J connectivity index is 0.000000197. The summed E-state index contributed by atoms with van der Waals surface area (Å²) in [5, 5.41) is 36.2. The molecule has 0 spiro atoms. The monoisotopic (exact) mass is 728 g/mol. The summed E-state index contributed by atoms with van der Waals surface area (Å²) in [5.74, 6) is -2.79. The molecule has 0 fully saturated rings. The summed E-state index contributed by atoms with van der Waals surface area (Å²) in [6, 6.07) is 48.9. The average molecular weight is 729 g/mol. The summed E-state index contributed by atoms with van der Waals surface area (Å²) in [6.45, 7) is 0. The van der Waals surface area contributed by atoms with E-state index in [1.165, 1.54) is 0 Å². The smallest absolute Gasteiger partial charge is 0.337 e. The number of carboxylic acids is 3. The quantitative estimate of drug-likeness (QED) is 0.0857. The molecule has 49 heavy (non-hydrogen) atoms. The molecule has 6 aromatic carbocycles. The number of nitrogens with one attached hydrogen (secondary N) is 3. The third-order valence-electron chi connectivity index (χ3n) is 6.63. The molecule has 0 aliphatic carbocycles. The Labute approximate surface area is 309 Å². The van der Waals surface area contributed by atoms with Gasteiger partial charge in [-0.3, -0.25) is 0 Å². The molecule has 6 rings (SSSR count). The van der Waals surface area contributed by atoms with Gasteiger partial charge in [0.15, 0.2) is 0 Å². The minimum absolute atomic E-state index is 0. The van der Waals surface area contributed by atoms with E-state index in [-0.39, 0.29) is 49.4 Å². The molecule has 0 atom stereocenters. The summed E-state index contributed by atoms with van der Waals surface area (Å²) < 4.78 is 0. The Morgan fingerprint density at radius 2 is 0.531 bits per heavy atom. The number of hydrogen-bond donors (Lipinski definition) is 6. The molecule has 0 heterocycles. The van der Waals surface area contributed by atoms with E-state index in [9.17, 15) is 14.4 Å². The maximum Gasteiger partial charge on any atom is 0.337 e. The van der Waals surface area contributed by atoms with Crippen molar-refractivity contribution in [3.8, 4) is 0 Å². The van der Waals surface area contributed by atoms with Gasteiger partial charge in [-0.2, -0.15) is 0 Å². The van der Waals surface area contributed by atoms with Crippen molar-refractivity contribution in [3.05, 3.63) is 180 Å². The van der Waals surface area contributed by atoms with Crippen molar-refractivity contribution < 1.29 is 62.4 Å². The van der Waals surface area contributed by atoms with Gasteiger partial charge in [0.1, 0.15) is 0 Å². The third kappa shape index (κ3) is 12.1. The van der Waals surface area contributed by atoms with E-state index in [0.717, 1.165) is 17.1 Å². The Kier molecular flexibility index (Phi) is 15.2. The van der Waals surface area contributed by atoms with E-state index in [2.05, 4.69) is 16.0 Å².